The second kappa shape index (κ2) is 22.2. The van der Waals surface area contributed by atoms with E-state index < -0.39 is 0 Å². The molecule has 0 fully saturated rings. The summed E-state index contributed by atoms with van der Waals surface area (Å²) in [5.74, 6) is 8.41. The molecule has 0 atom stereocenters. The highest BCUT2D eigenvalue weighted by Gasteiger charge is 2.40. The Balaban J connectivity index is 0.000000157. The number of benzene rings is 8. The van der Waals surface area contributed by atoms with Gasteiger partial charge >= 0.3 is 0 Å². The molecular weight excluding hydrogens is 1110 g/mol. The van der Waals surface area contributed by atoms with Crippen molar-refractivity contribution in [1.29, 1.82) is 0 Å². The van der Waals surface area contributed by atoms with Gasteiger partial charge in [-0.15, -0.1) is 0 Å². The van der Waals surface area contributed by atoms with Crippen LogP contribution in [-0.4, -0.2) is 26.6 Å². The summed E-state index contributed by atoms with van der Waals surface area (Å²) in [7, 11) is 0. The predicted molar refractivity (Wildman–Crippen MR) is 339 cm³/mol. The van der Waals surface area contributed by atoms with Gasteiger partial charge in [0.15, 0.2) is 0 Å². The summed E-state index contributed by atoms with van der Waals surface area (Å²) in [5.41, 5.74) is 9.41. The molecule has 84 heavy (non-hydrogen) atoms. The van der Waals surface area contributed by atoms with Crippen LogP contribution in [0.5, 0.6) is 69.3 Å². The van der Waals surface area contributed by atoms with Crippen molar-refractivity contribution in [1.82, 2.24) is 19.9 Å². The fraction of sp³-hybridized carbons (Fsp3) is 0.111. The summed E-state index contributed by atoms with van der Waals surface area (Å²) in [6.45, 7) is 12.9. The fourth-order valence-corrected chi connectivity index (χ4v) is 11.0. The van der Waals surface area contributed by atoms with Crippen LogP contribution >= 0.6 is 15.9 Å². The van der Waals surface area contributed by atoms with Gasteiger partial charge in [0, 0.05) is 64.3 Å². The quantitative estimate of drug-likeness (QED) is 0.123. The number of ether oxygens (including phenoxy) is 6. The molecule has 0 amide bonds. The van der Waals surface area contributed by atoms with E-state index in [2.05, 4.69) is 133 Å². The lowest BCUT2D eigenvalue weighted by molar-refractivity contribution is 0.447. The first-order valence-electron chi connectivity index (χ1n) is 27.8. The van der Waals surface area contributed by atoms with E-state index in [1.54, 1.807) is 12.4 Å². The molecular formula is C72H56BBrN4O6. The van der Waals surface area contributed by atoms with Gasteiger partial charge in [-0.2, -0.15) is 0 Å². The monoisotopic (exact) mass is 1160 g/mol. The van der Waals surface area contributed by atoms with Crippen LogP contribution in [0.4, 0.5) is 0 Å². The maximum absolute atomic E-state index is 6.45. The van der Waals surface area contributed by atoms with Crippen LogP contribution in [0.3, 0.4) is 0 Å². The zero-order chi connectivity index (χ0) is 57.5. The zero-order valence-electron chi connectivity index (χ0n) is 47.1. The second-order valence-electron chi connectivity index (χ2n) is 22.8. The highest BCUT2D eigenvalue weighted by Crippen LogP contribution is 2.42. The number of nitrogens with zero attached hydrogens (tertiary/aromatic N) is 4. The fourth-order valence-electron chi connectivity index (χ4n) is 10.6. The van der Waals surface area contributed by atoms with Crippen LogP contribution in [-0.2, 0) is 10.8 Å². The molecule has 0 aliphatic carbocycles. The number of aromatic nitrogens is 4. The molecule has 6 heterocycles. The lowest BCUT2D eigenvalue weighted by atomic mass is 9.34. The molecule has 2 aliphatic rings. The lowest BCUT2D eigenvalue weighted by Gasteiger charge is -2.33. The molecule has 410 valence electrons. The van der Waals surface area contributed by atoms with Crippen LogP contribution in [0.1, 0.15) is 52.7 Å². The van der Waals surface area contributed by atoms with Crippen molar-refractivity contribution in [3.63, 3.8) is 0 Å². The number of rotatable bonds is 10. The van der Waals surface area contributed by atoms with E-state index in [0.29, 0.717) is 50.7 Å². The first-order chi connectivity index (χ1) is 40.8. The Morgan fingerprint density at radius 1 is 0.381 bits per heavy atom. The van der Waals surface area contributed by atoms with Crippen molar-refractivity contribution in [2.24, 2.45) is 0 Å². The van der Waals surface area contributed by atoms with Crippen molar-refractivity contribution in [3.8, 4) is 91.8 Å². The smallest absolute Gasteiger partial charge is 0.260 e. The molecule has 12 heteroatoms. The second-order valence-corrected chi connectivity index (χ2v) is 23.5. The summed E-state index contributed by atoms with van der Waals surface area (Å²) in [5, 5.41) is 4.55. The average Bonchev–Trinajstić information content (AvgIpc) is 2.47. The van der Waals surface area contributed by atoms with E-state index in [4.69, 9.17) is 33.4 Å². The molecule has 12 aromatic rings. The summed E-state index contributed by atoms with van der Waals surface area (Å²) in [4.78, 5) is 18.2. The maximum Gasteiger partial charge on any atom is 0.260 e. The van der Waals surface area contributed by atoms with Gasteiger partial charge in [-0.05, 0) is 187 Å². The van der Waals surface area contributed by atoms with E-state index in [9.17, 15) is 0 Å². The Morgan fingerprint density at radius 3 is 1.38 bits per heavy atom. The first kappa shape index (κ1) is 53.5. The van der Waals surface area contributed by atoms with Crippen LogP contribution in [0, 0.1) is 0 Å². The minimum atomic E-state index is -0.101. The van der Waals surface area contributed by atoms with E-state index in [-0.39, 0.29) is 17.5 Å². The SMILES string of the molecule is CC(C)(C)c1ccnc(Oc2ccc(Oc3cccc(Oc4ccc(-c5nccc6ccccc56)cc4)c3Br)cc2)c1.CC(C)(C)c1ccnc(Oc2ccc3c(c2)B2c4cc(-c5nccc6ccccc56)ccc4Oc4cccc(c42)O3)c1. The van der Waals surface area contributed by atoms with Crippen molar-refractivity contribution >= 4 is 60.6 Å². The molecule has 0 spiro atoms. The lowest BCUT2D eigenvalue weighted by Crippen LogP contribution is -2.57. The minimum absolute atomic E-state index is 0.00664. The number of fused-ring (bicyclic) bond motifs is 6. The molecule has 10 nitrogen and oxygen atoms in total. The van der Waals surface area contributed by atoms with Gasteiger partial charge in [-0.25, -0.2) is 9.97 Å². The highest BCUT2D eigenvalue weighted by atomic mass is 79.9. The number of hydrogen-bond donors (Lipinski definition) is 0. The minimum Gasteiger partial charge on any atom is -0.458 e. The normalized spacial score (nSPS) is 12.2. The number of hydrogen-bond acceptors (Lipinski definition) is 10. The summed E-state index contributed by atoms with van der Waals surface area (Å²) >= 11 is 3.66. The third-order valence-electron chi connectivity index (χ3n) is 15.0. The van der Waals surface area contributed by atoms with Gasteiger partial charge in [0.2, 0.25) is 11.8 Å². The first-order valence-corrected chi connectivity index (χ1v) is 28.6. The van der Waals surface area contributed by atoms with E-state index in [0.717, 1.165) is 89.0 Å². The Labute approximate surface area is 496 Å². The van der Waals surface area contributed by atoms with Crippen molar-refractivity contribution in [2.45, 2.75) is 52.4 Å². The Kier molecular flexibility index (Phi) is 14.1. The van der Waals surface area contributed by atoms with Crippen LogP contribution in [0.2, 0.25) is 0 Å². The third-order valence-corrected chi connectivity index (χ3v) is 15.8. The summed E-state index contributed by atoms with van der Waals surface area (Å²) in [6.07, 6.45) is 7.29. The zero-order valence-corrected chi connectivity index (χ0v) is 48.7. The molecule has 4 aromatic heterocycles. The molecule has 0 saturated carbocycles. The van der Waals surface area contributed by atoms with Crippen LogP contribution in [0.15, 0.2) is 236 Å². The highest BCUT2D eigenvalue weighted by molar-refractivity contribution is 9.10. The molecule has 2 aliphatic heterocycles. The molecule has 14 rings (SSSR count). The van der Waals surface area contributed by atoms with E-state index in [1.807, 2.05) is 158 Å². The van der Waals surface area contributed by atoms with Gasteiger partial charge < -0.3 is 28.4 Å². The molecule has 8 aromatic carbocycles. The van der Waals surface area contributed by atoms with Crippen LogP contribution < -0.4 is 44.8 Å². The molecule has 0 saturated heterocycles. The van der Waals surface area contributed by atoms with Gasteiger partial charge in [0.05, 0.1) is 11.4 Å². The number of pyridine rings is 4. The third kappa shape index (κ3) is 11.0. The van der Waals surface area contributed by atoms with Crippen molar-refractivity contribution < 1.29 is 28.4 Å². The van der Waals surface area contributed by atoms with Crippen molar-refractivity contribution in [2.75, 3.05) is 0 Å². The molecule has 0 radical (unpaired) electrons. The van der Waals surface area contributed by atoms with Gasteiger partial charge in [0.1, 0.15) is 62.0 Å². The van der Waals surface area contributed by atoms with Gasteiger partial charge in [-0.3, -0.25) is 9.97 Å². The average molecular weight is 1160 g/mol. The van der Waals surface area contributed by atoms with Gasteiger partial charge in [-0.1, -0.05) is 108 Å². The Bertz CT molecular complexity index is 4420. The Hall–Kier alpha value is -9.78. The van der Waals surface area contributed by atoms with E-state index in [1.165, 1.54) is 5.56 Å². The van der Waals surface area contributed by atoms with Crippen LogP contribution in [0.25, 0.3) is 44.1 Å². The molecule has 0 N–H and O–H groups in total. The molecule has 0 unspecified atom stereocenters. The topological polar surface area (TPSA) is 107 Å². The maximum atomic E-state index is 6.45. The van der Waals surface area contributed by atoms with Crippen molar-refractivity contribution in [3.05, 3.63) is 247 Å². The van der Waals surface area contributed by atoms with E-state index >= 15 is 0 Å². The predicted octanol–water partition coefficient (Wildman–Crippen LogP) is 17.8. The summed E-state index contributed by atoms with van der Waals surface area (Å²) in [6, 6.07) is 68.1. The Morgan fingerprint density at radius 2 is 0.821 bits per heavy atom. The standard InChI is InChI=1S/C36H27BN2O3.C36H29BrN2O3/c1-36(2,3)24-16-18-38-33(20-24)40-25-12-14-30-28(21-25)37-27-19-23(35-26-8-5-4-7-22(26)15-17-39-35)11-13-29(27)41-31-9-6-10-32(42-30)34(31)37;1-36(2,3)26-20-22-38-33(23-26)42-29-17-15-28(16-18-29)41-32-10-6-9-31(34(32)37)40-27-13-11-25(12-14-27)35-30-8-5-4-7-24(30)19-21-39-35/h4-21H,1-3H3;4-23H,1-3H3. The van der Waals surface area contributed by atoms with Gasteiger partial charge in [0.25, 0.3) is 6.71 Å². The molecule has 0 bridgehead atoms. The summed E-state index contributed by atoms with van der Waals surface area (Å²) < 4.78 is 38.3. The largest absolute Gasteiger partial charge is 0.458 e. The number of halogens is 1.